The Morgan fingerprint density at radius 2 is 0.311 bits per heavy atom. The van der Waals surface area contributed by atoms with Gasteiger partial charge in [-0.3, -0.25) is 24.5 Å². The molecule has 0 rings (SSSR count). The maximum absolute atomic E-state index is 6.38. The smallest absolute Gasteiger partial charge is 0.104 e. The molecular weight excluding hydrogens is 1380 g/mol. The van der Waals surface area contributed by atoms with Crippen LogP contribution in [0.5, 0.6) is 0 Å². The summed E-state index contributed by atoms with van der Waals surface area (Å²) < 4.78 is 102. The molecule has 2 unspecified atom stereocenters. The first-order valence-corrected chi connectivity index (χ1v) is 39.5. The van der Waals surface area contributed by atoms with Gasteiger partial charge in [-0.2, -0.15) is 0 Å². The summed E-state index contributed by atoms with van der Waals surface area (Å²) in [5.41, 5.74) is 57.5. The highest BCUT2D eigenvalue weighted by Gasteiger charge is 2.18. The minimum absolute atomic E-state index is 0.186. The molecule has 106 heavy (non-hydrogen) atoms. The van der Waals surface area contributed by atoms with E-state index in [1.54, 1.807) is 0 Å². The Labute approximate surface area is 638 Å². The normalized spacial score (nSPS) is 13.0. The molecule has 0 aromatic rings. The first-order valence-electron chi connectivity index (χ1n) is 39.5. The van der Waals surface area contributed by atoms with Gasteiger partial charge >= 0.3 is 0 Å². The van der Waals surface area contributed by atoms with E-state index < -0.39 is 18.3 Å². The fraction of sp³-hybridized carbons (Fsp3) is 1.00. The van der Waals surface area contributed by atoms with Crippen LogP contribution in [-0.2, 0) is 80.5 Å². The molecule has 0 aliphatic heterocycles. The van der Waals surface area contributed by atoms with Gasteiger partial charge in [0.05, 0.1) is 205 Å². The summed E-state index contributed by atoms with van der Waals surface area (Å²) in [5.74, 6) is 0. The maximum Gasteiger partial charge on any atom is 0.104 e. The Balaban J connectivity index is 5.77. The molecule has 25 N–H and O–H groups in total. The van der Waals surface area contributed by atoms with Crippen molar-refractivity contribution in [3.05, 3.63) is 0 Å². The first kappa shape index (κ1) is 105. The minimum atomic E-state index is -0.486. The zero-order valence-electron chi connectivity index (χ0n) is 65.9. The summed E-state index contributed by atoms with van der Waals surface area (Å²) in [7, 11) is 0. The largest absolute Gasteiger partial charge is 0.378 e. The van der Waals surface area contributed by atoms with E-state index in [1.165, 1.54) is 0 Å². The van der Waals surface area contributed by atoms with Crippen molar-refractivity contribution in [2.75, 3.05) is 434 Å². The van der Waals surface area contributed by atoms with E-state index in [-0.39, 0.29) is 46.2 Å². The third-order valence-corrected chi connectivity index (χ3v) is 15.8. The second kappa shape index (κ2) is 89.1. The molecule has 638 valence electrons. The molecule has 0 radical (unpaired) electrons. The number of hydrogen-bond donors (Lipinski definition) is 15. The van der Waals surface area contributed by atoms with E-state index in [2.05, 4.69) is 51.1 Å². The van der Waals surface area contributed by atoms with Crippen molar-refractivity contribution in [3.8, 4) is 0 Å². The molecule has 0 fully saturated rings. The number of hydrogen-bond acceptors (Lipinski definition) is 37. The molecular formula is C69H160N20O17. The standard InChI is InChI=1S/C69H160N20O17/c70-1-21-85(22-2-71)31-11-80-16-36-90-41-46-95-51-53-100-61-67(104-58-55-97-48-43-92-38-18-82-13-33-87(25-5-74)26-6-75)63-102-65-69(106-60-57-99-50-45-94-40-20-84-15-35-89(29-9-78)30-10-79)66-103-64-68(105-59-56-98-49-44-93-39-19-83-14-34-88(27-7-76)28-8-77)62-101-54-52-96-47-42-91-37-17-81-12-32-86(23-3-72)24-4-73/h67-69,80-84H,1-66,70-79H2. The van der Waals surface area contributed by atoms with Gasteiger partial charge in [0.15, 0.2) is 0 Å². The van der Waals surface area contributed by atoms with Gasteiger partial charge < -0.3 is 164 Å². The van der Waals surface area contributed by atoms with Crippen LogP contribution < -0.4 is 83.9 Å². The fourth-order valence-electron chi connectivity index (χ4n) is 10.2. The van der Waals surface area contributed by atoms with E-state index in [1.807, 2.05) is 0 Å². The molecule has 0 saturated heterocycles. The van der Waals surface area contributed by atoms with E-state index >= 15 is 0 Å². The molecule has 0 spiro atoms. The third-order valence-electron chi connectivity index (χ3n) is 15.8. The average molecular weight is 1540 g/mol. The lowest BCUT2D eigenvalue weighted by molar-refractivity contribution is -0.120. The van der Waals surface area contributed by atoms with Crippen LogP contribution in [0.15, 0.2) is 0 Å². The van der Waals surface area contributed by atoms with Crippen molar-refractivity contribution in [1.29, 1.82) is 0 Å². The van der Waals surface area contributed by atoms with Crippen molar-refractivity contribution in [2.24, 2.45) is 57.3 Å². The highest BCUT2D eigenvalue weighted by Crippen LogP contribution is 2.05. The summed E-state index contributed by atoms with van der Waals surface area (Å²) >= 11 is 0. The summed E-state index contributed by atoms with van der Waals surface area (Å²) in [4.78, 5) is 11.2. The fourth-order valence-corrected chi connectivity index (χ4v) is 10.2. The van der Waals surface area contributed by atoms with E-state index in [0.29, 0.717) is 224 Å². The van der Waals surface area contributed by atoms with E-state index in [9.17, 15) is 0 Å². The second-order valence-corrected chi connectivity index (χ2v) is 24.7. The second-order valence-electron chi connectivity index (χ2n) is 24.7. The monoisotopic (exact) mass is 1540 g/mol. The summed E-state index contributed by atoms with van der Waals surface area (Å²) in [6.07, 6.45) is -1.35. The summed E-state index contributed by atoms with van der Waals surface area (Å²) in [5, 5.41) is 17.0. The molecule has 37 heteroatoms. The van der Waals surface area contributed by atoms with Crippen LogP contribution in [-0.4, -0.2) is 477 Å². The van der Waals surface area contributed by atoms with Crippen molar-refractivity contribution in [1.82, 2.24) is 51.1 Å². The predicted molar refractivity (Wildman–Crippen MR) is 418 cm³/mol. The molecule has 2 atom stereocenters. The Morgan fingerprint density at radius 1 is 0.160 bits per heavy atom. The van der Waals surface area contributed by atoms with Crippen molar-refractivity contribution in [3.63, 3.8) is 0 Å². The van der Waals surface area contributed by atoms with Crippen molar-refractivity contribution < 1.29 is 80.5 Å². The SMILES string of the molecule is NCCN(CCN)CCNCCOCCOCCOCC(COCC(COCC(COCCOCCOCCNCCN(CCN)CCN)OCCOCCOCCNCCN(CCN)CCN)OCCOCCOCCNCCN(CCN)CCN)OCCOCCOCCNCCN(CCN)CCN. The zero-order chi connectivity index (χ0) is 76.8. The van der Waals surface area contributed by atoms with Crippen LogP contribution in [0.25, 0.3) is 0 Å². The minimum Gasteiger partial charge on any atom is -0.378 e. The lowest BCUT2D eigenvalue weighted by Gasteiger charge is -2.23. The van der Waals surface area contributed by atoms with Gasteiger partial charge in [-0.1, -0.05) is 0 Å². The summed E-state index contributed by atoms with van der Waals surface area (Å²) in [6.45, 7) is 38.5. The molecule has 0 saturated carbocycles. The maximum atomic E-state index is 6.38. The van der Waals surface area contributed by atoms with E-state index in [0.717, 1.165) is 164 Å². The van der Waals surface area contributed by atoms with E-state index in [4.69, 9.17) is 138 Å². The highest BCUT2D eigenvalue weighted by molar-refractivity contribution is 4.68. The third kappa shape index (κ3) is 76.5. The van der Waals surface area contributed by atoms with Crippen LogP contribution in [0.3, 0.4) is 0 Å². The van der Waals surface area contributed by atoms with Crippen molar-refractivity contribution >= 4 is 0 Å². The average Bonchev–Trinajstić information content (AvgIpc) is 1.10. The Morgan fingerprint density at radius 3 is 0.491 bits per heavy atom. The first-order chi connectivity index (χ1) is 52.4. The lowest BCUT2D eigenvalue weighted by atomic mass is 10.3. The Kier molecular flexibility index (Phi) is 87.8. The molecule has 0 aromatic heterocycles. The van der Waals surface area contributed by atoms with Crippen LogP contribution in [0, 0.1) is 0 Å². The Hall–Kier alpha value is -1.48. The van der Waals surface area contributed by atoms with Gasteiger partial charge in [0.2, 0.25) is 0 Å². The van der Waals surface area contributed by atoms with Gasteiger partial charge in [-0.05, 0) is 0 Å². The van der Waals surface area contributed by atoms with Crippen LogP contribution >= 0.6 is 0 Å². The number of nitrogens with two attached hydrogens (primary N) is 10. The molecule has 0 aliphatic carbocycles. The highest BCUT2D eigenvalue weighted by atomic mass is 16.6. The van der Waals surface area contributed by atoms with Crippen molar-refractivity contribution in [2.45, 2.75) is 18.3 Å². The van der Waals surface area contributed by atoms with Crippen LogP contribution in [0.4, 0.5) is 0 Å². The molecule has 37 nitrogen and oxygen atoms in total. The zero-order valence-corrected chi connectivity index (χ0v) is 65.9. The molecule has 0 aromatic carbocycles. The Bertz CT molecular complexity index is 1540. The number of nitrogens with zero attached hydrogens (tertiary/aromatic N) is 5. The molecule has 0 bridgehead atoms. The topological polar surface area (TPSA) is 493 Å². The molecule has 0 amide bonds. The lowest BCUT2D eigenvalue weighted by Crippen LogP contribution is -2.39. The summed E-state index contributed by atoms with van der Waals surface area (Å²) in [6, 6.07) is 0. The van der Waals surface area contributed by atoms with Gasteiger partial charge in [0, 0.05) is 229 Å². The number of nitrogens with one attached hydrogen (secondary N) is 5. The number of ether oxygens (including phenoxy) is 17. The van der Waals surface area contributed by atoms with Crippen LogP contribution in [0.1, 0.15) is 0 Å². The quantitative estimate of drug-likeness (QED) is 0.0252. The number of rotatable bonds is 95. The molecule has 0 aliphatic rings. The van der Waals surface area contributed by atoms with Crippen LogP contribution in [0.2, 0.25) is 0 Å². The molecule has 0 heterocycles. The van der Waals surface area contributed by atoms with Gasteiger partial charge in [0.25, 0.3) is 0 Å². The predicted octanol–water partition coefficient (Wildman–Crippen LogP) is -8.58. The van der Waals surface area contributed by atoms with Gasteiger partial charge in [0.1, 0.15) is 18.3 Å². The van der Waals surface area contributed by atoms with Gasteiger partial charge in [-0.25, -0.2) is 0 Å². The van der Waals surface area contributed by atoms with Gasteiger partial charge in [-0.15, -0.1) is 0 Å².